The van der Waals surface area contributed by atoms with Crippen LogP contribution in [-0.2, 0) is 16.0 Å². The van der Waals surface area contributed by atoms with Gasteiger partial charge in [-0.2, -0.15) is 0 Å². The SMILES string of the molecule is O=C(NCc1ccccc1)NC[C@@H]([C@H]1CCOC1)N1CCOCC1. The molecule has 24 heavy (non-hydrogen) atoms. The van der Waals surface area contributed by atoms with Gasteiger partial charge in [-0.1, -0.05) is 30.3 Å². The fourth-order valence-corrected chi connectivity index (χ4v) is 3.40. The van der Waals surface area contributed by atoms with Crippen LogP contribution in [-0.4, -0.2) is 63.0 Å². The second kappa shape index (κ2) is 9.01. The van der Waals surface area contributed by atoms with Crippen LogP contribution in [0.1, 0.15) is 12.0 Å². The molecule has 6 nitrogen and oxygen atoms in total. The van der Waals surface area contributed by atoms with E-state index in [-0.39, 0.29) is 6.03 Å². The Balaban J connectivity index is 1.47. The summed E-state index contributed by atoms with van der Waals surface area (Å²) in [6, 6.07) is 10.1. The summed E-state index contributed by atoms with van der Waals surface area (Å²) in [6.45, 7) is 6.19. The van der Waals surface area contributed by atoms with Crippen molar-refractivity contribution in [2.45, 2.75) is 19.0 Å². The number of hydrogen-bond donors (Lipinski definition) is 2. The van der Waals surface area contributed by atoms with Crippen molar-refractivity contribution < 1.29 is 14.3 Å². The highest BCUT2D eigenvalue weighted by atomic mass is 16.5. The third-order valence-corrected chi connectivity index (χ3v) is 4.79. The number of nitrogens with one attached hydrogen (secondary N) is 2. The van der Waals surface area contributed by atoms with Crippen LogP contribution < -0.4 is 10.6 Å². The van der Waals surface area contributed by atoms with Crippen molar-refractivity contribution in [1.82, 2.24) is 15.5 Å². The van der Waals surface area contributed by atoms with Crippen LogP contribution >= 0.6 is 0 Å². The molecule has 1 aromatic carbocycles. The fourth-order valence-electron chi connectivity index (χ4n) is 3.40. The summed E-state index contributed by atoms with van der Waals surface area (Å²) < 4.78 is 11.0. The zero-order chi connectivity index (χ0) is 16.6. The molecule has 2 N–H and O–H groups in total. The zero-order valence-electron chi connectivity index (χ0n) is 14.1. The third-order valence-electron chi connectivity index (χ3n) is 4.79. The molecule has 132 valence electrons. The van der Waals surface area contributed by atoms with Crippen LogP contribution in [0.4, 0.5) is 4.79 Å². The minimum absolute atomic E-state index is 0.115. The molecule has 2 atom stereocenters. The van der Waals surface area contributed by atoms with E-state index >= 15 is 0 Å². The lowest BCUT2D eigenvalue weighted by Crippen LogP contribution is -2.53. The quantitative estimate of drug-likeness (QED) is 0.822. The molecule has 0 unspecified atom stereocenters. The Bertz CT molecular complexity index is 499. The highest BCUT2D eigenvalue weighted by Gasteiger charge is 2.31. The average molecular weight is 333 g/mol. The molecule has 0 radical (unpaired) electrons. The normalized spacial score (nSPS) is 22.9. The van der Waals surface area contributed by atoms with E-state index in [1.807, 2.05) is 30.3 Å². The van der Waals surface area contributed by atoms with Crippen LogP contribution in [0, 0.1) is 5.92 Å². The minimum Gasteiger partial charge on any atom is -0.381 e. The first-order valence-electron chi connectivity index (χ1n) is 8.78. The predicted octanol–water partition coefficient (Wildman–Crippen LogP) is 1.22. The summed E-state index contributed by atoms with van der Waals surface area (Å²) in [5, 5.41) is 5.96. The smallest absolute Gasteiger partial charge is 0.315 e. The van der Waals surface area contributed by atoms with Crippen molar-refractivity contribution in [2.75, 3.05) is 46.1 Å². The number of morpholine rings is 1. The van der Waals surface area contributed by atoms with Crippen molar-refractivity contribution in [3.63, 3.8) is 0 Å². The molecule has 2 amide bonds. The van der Waals surface area contributed by atoms with Gasteiger partial charge in [0.25, 0.3) is 0 Å². The predicted molar refractivity (Wildman–Crippen MR) is 91.8 cm³/mol. The van der Waals surface area contributed by atoms with Gasteiger partial charge in [-0.05, 0) is 12.0 Å². The van der Waals surface area contributed by atoms with Crippen LogP contribution in [0.3, 0.4) is 0 Å². The van der Waals surface area contributed by atoms with E-state index in [1.165, 1.54) is 0 Å². The number of ether oxygens (including phenoxy) is 2. The summed E-state index contributed by atoms with van der Waals surface area (Å²) in [4.78, 5) is 14.6. The lowest BCUT2D eigenvalue weighted by molar-refractivity contribution is 0.00212. The largest absolute Gasteiger partial charge is 0.381 e. The number of urea groups is 1. The van der Waals surface area contributed by atoms with Crippen LogP contribution in [0.25, 0.3) is 0 Å². The van der Waals surface area contributed by atoms with E-state index in [0.29, 0.717) is 25.0 Å². The molecule has 2 heterocycles. The molecule has 0 bridgehead atoms. The lowest BCUT2D eigenvalue weighted by atomic mass is 9.97. The van der Waals surface area contributed by atoms with Crippen LogP contribution in [0.2, 0.25) is 0 Å². The summed E-state index contributed by atoms with van der Waals surface area (Å²) in [7, 11) is 0. The molecule has 2 aliphatic heterocycles. The van der Waals surface area contributed by atoms with Gasteiger partial charge >= 0.3 is 6.03 Å². The Morgan fingerprint density at radius 1 is 1.12 bits per heavy atom. The maximum absolute atomic E-state index is 12.1. The Hall–Kier alpha value is -1.63. The van der Waals surface area contributed by atoms with Crippen molar-refractivity contribution in [2.24, 2.45) is 5.92 Å². The second-order valence-corrected chi connectivity index (χ2v) is 6.39. The summed E-state index contributed by atoms with van der Waals surface area (Å²) in [5.74, 6) is 0.484. The van der Waals surface area contributed by atoms with Crippen LogP contribution in [0.15, 0.2) is 30.3 Å². The Morgan fingerprint density at radius 2 is 1.92 bits per heavy atom. The first kappa shape index (κ1) is 17.2. The highest BCUT2D eigenvalue weighted by molar-refractivity contribution is 5.73. The van der Waals surface area contributed by atoms with Gasteiger partial charge in [0.15, 0.2) is 0 Å². The summed E-state index contributed by atoms with van der Waals surface area (Å²) in [5.41, 5.74) is 1.10. The number of rotatable bonds is 6. The van der Waals surface area contributed by atoms with E-state index in [1.54, 1.807) is 0 Å². The fraction of sp³-hybridized carbons (Fsp3) is 0.611. The molecule has 0 aliphatic carbocycles. The molecule has 0 saturated carbocycles. The first-order chi connectivity index (χ1) is 11.8. The standard InChI is InChI=1S/C18H27N3O3/c22-18(19-12-15-4-2-1-3-5-15)20-13-17(16-6-9-24-14-16)21-7-10-23-11-8-21/h1-5,16-17H,6-14H2,(H2,19,20,22)/t16-,17-/m0/s1. The molecule has 2 aliphatic rings. The Morgan fingerprint density at radius 3 is 2.62 bits per heavy atom. The Kier molecular flexibility index (Phi) is 6.46. The molecule has 6 heteroatoms. The molecule has 1 aromatic rings. The van der Waals surface area contributed by atoms with Crippen molar-refractivity contribution >= 4 is 6.03 Å². The molecular weight excluding hydrogens is 306 g/mol. The van der Waals surface area contributed by atoms with E-state index in [4.69, 9.17) is 9.47 Å². The zero-order valence-corrected chi connectivity index (χ0v) is 14.1. The average Bonchev–Trinajstić information content (AvgIpc) is 3.16. The molecule has 0 spiro atoms. The van der Waals surface area contributed by atoms with Gasteiger partial charge < -0.3 is 20.1 Å². The van der Waals surface area contributed by atoms with E-state index in [0.717, 1.165) is 51.5 Å². The molecule has 2 fully saturated rings. The second-order valence-electron chi connectivity index (χ2n) is 6.39. The highest BCUT2D eigenvalue weighted by Crippen LogP contribution is 2.21. The number of hydrogen-bond acceptors (Lipinski definition) is 4. The number of benzene rings is 1. The van der Waals surface area contributed by atoms with Crippen LogP contribution in [0.5, 0.6) is 0 Å². The van der Waals surface area contributed by atoms with Gasteiger partial charge in [-0.25, -0.2) is 4.79 Å². The number of carbonyl (C=O) groups excluding carboxylic acids is 1. The monoisotopic (exact) mass is 333 g/mol. The third kappa shape index (κ3) is 4.93. The van der Waals surface area contributed by atoms with E-state index in [2.05, 4.69) is 15.5 Å². The molecular formula is C18H27N3O3. The van der Waals surface area contributed by atoms with Crippen molar-refractivity contribution in [3.05, 3.63) is 35.9 Å². The van der Waals surface area contributed by atoms with E-state index < -0.39 is 0 Å². The van der Waals surface area contributed by atoms with Crippen molar-refractivity contribution in [3.8, 4) is 0 Å². The Labute approximate surface area is 143 Å². The first-order valence-corrected chi connectivity index (χ1v) is 8.78. The minimum atomic E-state index is -0.115. The summed E-state index contributed by atoms with van der Waals surface area (Å²) >= 11 is 0. The van der Waals surface area contributed by atoms with E-state index in [9.17, 15) is 4.79 Å². The molecule has 2 saturated heterocycles. The summed E-state index contributed by atoms with van der Waals surface area (Å²) in [6.07, 6.45) is 1.06. The topological polar surface area (TPSA) is 62.8 Å². The number of nitrogens with zero attached hydrogens (tertiary/aromatic N) is 1. The number of amides is 2. The lowest BCUT2D eigenvalue weighted by Gasteiger charge is -2.37. The van der Waals surface area contributed by atoms with Crippen molar-refractivity contribution in [1.29, 1.82) is 0 Å². The van der Waals surface area contributed by atoms with Gasteiger partial charge in [0.1, 0.15) is 0 Å². The van der Waals surface area contributed by atoms with Gasteiger partial charge in [-0.15, -0.1) is 0 Å². The number of carbonyl (C=O) groups is 1. The van der Waals surface area contributed by atoms with Gasteiger partial charge in [0.2, 0.25) is 0 Å². The van der Waals surface area contributed by atoms with Gasteiger partial charge in [-0.3, -0.25) is 4.90 Å². The molecule has 0 aromatic heterocycles. The maximum atomic E-state index is 12.1. The van der Waals surface area contributed by atoms with Gasteiger partial charge in [0.05, 0.1) is 19.8 Å². The maximum Gasteiger partial charge on any atom is 0.315 e. The van der Waals surface area contributed by atoms with Gasteiger partial charge in [0, 0.05) is 44.7 Å². The molecule has 3 rings (SSSR count).